The molecule has 1 fully saturated rings. The number of piperidine rings is 1. The van der Waals surface area contributed by atoms with Crippen LogP contribution in [0.15, 0.2) is 49.2 Å². The minimum absolute atomic E-state index is 0.0893. The van der Waals surface area contributed by atoms with Gasteiger partial charge in [-0.2, -0.15) is 5.10 Å². The van der Waals surface area contributed by atoms with Gasteiger partial charge in [-0.3, -0.25) is 14.4 Å². The maximum Gasteiger partial charge on any atom is 0.325 e. The number of carboxylic acids is 1. The molecule has 1 aromatic carbocycles. The van der Waals surface area contributed by atoms with Crippen molar-refractivity contribution in [3.63, 3.8) is 0 Å². The maximum atomic E-state index is 11.1. The van der Waals surface area contributed by atoms with Crippen molar-refractivity contribution in [2.45, 2.75) is 38.4 Å². The molecule has 7 nitrogen and oxygen atoms in total. The second kappa shape index (κ2) is 7.98. The number of carbonyl (C=O) groups is 1. The quantitative estimate of drug-likeness (QED) is 0.639. The summed E-state index contributed by atoms with van der Waals surface area (Å²) in [5, 5.41) is 13.3. The molecule has 3 aromatic rings. The SMILES string of the molecule is C=CCn1c(CN2CCC[C@@H](c3ccnn3CC(=O)O)C2)nc2ccccc21. The third kappa shape index (κ3) is 3.71. The molecule has 0 spiro atoms. The van der Waals surface area contributed by atoms with Crippen molar-refractivity contribution in [3.8, 4) is 0 Å². The van der Waals surface area contributed by atoms with E-state index in [4.69, 9.17) is 10.1 Å². The molecule has 146 valence electrons. The van der Waals surface area contributed by atoms with E-state index >= 15 is 0 Å². The van der Waals surface area contributed by atoms with Crippen LogP contribution in [0.2, 0.25) is 0 Å². The summed E-state index contributed by atoms with van der Waals surface area (Å²) in [5.74, 6) is 0.462. The van der Waals surface area contributed by atoms with Crippen LogP contribution in [0.25, 0.3) is 11.0 Å². The van der Waals surface area contributed by atoms with E-state index in [2.05, 4.69) is 27.2 Å². The van der Waals surface area contributed by atoms with E-state index in [-0.39, 0.29) is 12.5 Å². The predicted octanol–water partition coefficient (Wildman–Crippen LogP) is 2.88. The fourth-order valence-electron chi connectivity index (χ4n) is 4.17. The number of aliphatic carboxylic acids is 1. The number of para-hydroxylation sites is 2. The zero-order valence-corrected chi connectivity index (χ0v) is 15.9. The number of hydrogen-bond acceptors (Lipinski definition) is 4. The largest absolute Gasteiger partial charge is 0.480 e. The predicted molar refractivity (Wildman–Crippen MR) is 107 cm³/mol. The number of fused-ring (bicyclic) bond motifs is 1. The molecular weight excluding hydrogens is 354 g/mol. The Hall–Kier alpha value is -2.93. The third-order valence-electron chi connectivity index (χ3n) is 5.37. The topological polar surface area (TPSA) is 76.2 Å². The maximum absolute atomic E-state index is 11.1. The number of rotatable bonds is 7. The van der Waals surface area contributed by atoms with Gasteiger partial charge in [0.25, 0.3) is 0 Å². The van der Waals surface area contributed by atoms with Crippen molar-refractivity contribution in [3.05, 3.63) is 60.7 Å². The van der Waals surface area contributed by atoms with Crippen molar-refractivity contribution >= 4 is 17.0 Å². The van der Waals surface area contributed by atoms with Gasteiger partial charge in [0.2, 0.25) is 0 Å². The van der Waals surface area contributed by atoms with Crippen molar-refractivity contribution in [2.75, 3.05) is 13.1 Å². The van der Waals surface area contributed by atoms with Gasteiger partial charge in [-0.1, -0.05) is 18.2 Å². The summed E-state index contributed by atoms with van der Waals surface area (Å²) in [6.45, 7) is 7.20. The van der Waals surface area contributed by atoms with Crippen LogP contribution in [-0.2, 0) is 24.4 Å². The summed E-state index contributed by atoms with van der Waals surface area (Å²) in [6.07, 6.45) is 5.72. The van der Waals surface area contributed by atoms with Crippen LogP contribution in [0, 0.1) is 0 Å². The van der Waals surface area contributed by atoms with Crippen molar-refractivity contribution in [1.82, 2.24) is 24.2 Å². The highest BCUT2D eigenvalue weighted by Crippen LogP contribution is 2.28. The lowest BCUT2D eigenvalue weighted by molar-refractivity contribution is -0.137. The van der Waals surface area contributed by atoms with E-state index in [1.54, 1.807) is 10.9 Å². The molecule has 1 aliphatic rings. The number of benzene rings is 1. The number of likely N-dealkylation sites (tertiary alicyclic amines) is 1. The summed E-state index contributed by atoms with van der Waals surface area (Å²) in [6, 6.07) is 10.1. The normalized spacial score (nSPS) is 17.8. The van der Waals surface area contributed by atoms with Gasteiger partial charge in [0, 0.05) is 30.9 Å². The molecule has 0 saturated carbocycles. The molecule has 1 aliphatic heterocycles. The first kappa shape index (κ1) is 18.4. The Labute approximate surface area is 163 Å². The first-order chi connectivity index (χ1) is 13.7. The van der Waals surface area contributed by atoms with Crippen LogP contribution < -0.4 is 0 Å². The van der Waals surface area contributed by atoms with Crippen molar-refractivity contribution < 1.29 is 9.90 Å². The molecule has 4 rings (SSSR count). The lowest BCUT2D eigenvalue weighted by Crippen LogP contribution is -2.35. The second-order valence-corrected chi connectivity index (χ2v) is 7.30. The summed E-state index contributed by atoms with van der Waals surface area (Å²) < 4.78 is 3.84. The zero-order chi connectivity index (χ0) is 19.5. The van der Waals surface area contributed by atoms with Gasteiger partial charge in [-0.25, -0.2) is 4.98 Å². The summed E-state index contributed by atoms with van der Waals surface area (Å²) in [4.78, 5) is 18.4. The molecule has 1 atom stereocenters. The summed E-state index contributed by atoms with van der Waals surface area (Å²) >= 11 is 0. The van der Waals surface area contributed by atoms with Crippen molar-refractivity contribution in [2.24, 2.45) is 0 Å². The Morgan fingerprint density at radius 3 is 3.00 bits per heavy atom. The highest BCUT2D eigenvalue weighted by atomic mass is 16.4. The lowest BCUT2D eigenvalue weighted by Gasteiger charge is -2.32. The van der Waals surface area contributed by atoms with Gasteiger partial charge in [0.05, 0.1) is 17.6 Å². The van der Waals surface area contributed by atoms with E-state index in [1.807, 2.05) is 30.3 Å². The Morgan fingerprint density at radius 1 is 1.32 bits per heavy atom. The fraction of sp³-hybridized carbons (Fsp3) is 0.381. The first-order valence-electron chi connectivity index (χ1n) is 9.66. The van der Waals surface area contributed by atoms with E-state index in [0.29, 0.717) is 0 Å². The van der Waals surface area contributed by atoms with Crippen molar-refractivity contribution in [1.29, 1.82) is 0 Å². The number of hydrogen-bond donors (Lipinski definition) is 1. The minimum atomic E-state index is -0.865. The molecule has 0 radical (unpaired) electrons. The molecule has 0 amide bonds. The molecule has 7 heteroatoms. The van der Waals surface area contributed by atoms with Crippen LogP contribution in [0.3, 0.4) is 0 Å². The van der Waals surface area contributed by atoms with Crippen LogP contribution in [-0.4, -0.2) is 48.4 Å². The van der Waals surface area contributed by atoms with Gasteiger partial charge < -0.3 is 9.67 Å². The Balaban J connectivity index is 1.54. The Kier molecular flexibility index (Phi) is 5.25. The smallest absolute Gasteiger partial charge is 0.325 e. The van der Waals surface area contributed by atoms with E-state index < -0.39 is 5.97 Å². The minimum Gasteiger partial charge on any atom is -0.480 e. The standard InChI is InChI=1S/C21H25N5O2/c1-2-11-25-19-8-4-3-7-17(19)23-20(25)14-24-12-5-6-16(13-24)18-9-10-22-26(18)15-21(27)28/h2-4,7-10,16H,1,5-6,11-15H2,(H,27,28)/t16-/m1/s1. The monoisotopic (exact) mass is 379 g/mol. The molecule has 2 aromatic heterocycles. The van der Waals surface area contributed by atoms with Gasteiger partial charge in [-0.15, -0.1) is 6.58 Å². The molecule has 3 heterocycles. The molecule has 0 unspecified atom stereocenters. The molecule has 1 saturated heterocycles. The summed E-state index contributed by atoms with van der Waals surface area (Å²) in [7, 11) is 0. The number of imidazole rings is 1. The molecule has 0 bridgehead atoms. The van der Waals surface area contributed by atoms with Crippen LogP contribution >= 0.6 is 0 Å². The highest BCUT2D eigenvalue weighted by Gasteiger charge is 2.25. The van der Waals surface area contributed by atoms with Gasteiger partial charge in [-0.05, 0) is 37.6 Å². The molecule has 28 heavy (non-hydrogen) atoms. The highest BCUT2D eigenvalue weighted by molar-refractivity contribution is 5.76. The number of allylic oxidation sites excluding steroid dienone is 1. The van der Waals surface area contributed by atoms with Crippen LogP contribution in [0.4, 0.5) is 0 Å². The van der Waals surface area contributed by atoms with Crippen LogP contribution in [0.1, 0.15) is 30.3 Å². The Bertz CT molecular complexity index is 990. The molecule has 0 aliphatic carbocycles. The van der Waals surface area contributed by atoms with Gasteiger partial charge in [0.1, 0.15) is 12.4 Å². The van der Waals surface area contributed by atoms with E-state index in [9.17, 15) is 4.79 Å². The van der Waals surface area contributed by atoms with Gasteiger partial charge in [0.15, 0.2) is 0 Å². The number of carboxylic acid groups (broad SMARTS) is 1. The van der Waals surface area contributed by atoms with Gasteiger partial charge >= 0.3 is 5.97 Å². The number of nitrogens with zero attached hydrogens (tertiary/aromatic N) is 5. The first-order valence-corrected chi connectivity index (χ1v) is 9.66. The summed E-state index contributed by atoms with van der Waals surface area (Å²) in [5.41, 5.74) is 3.14. The molecule has 1 N–H and O–H groups in total. The van der Waals surface area contributed by atoms with Crippen LogP contribution in [0.5, 0.6) is 0 Å². The lowest BCUT2D eigenvalue weighted by atomic mass is 9.94. The number of aromatic nitrogens is 4. The Morgan fingerprint density at radius 2 is 2.18 bits per heavy atom. The fourth-order valence-corrected chi connectivity index (χ4v) is 4.17. The van der Waals surface area contributed by atoms with E-state index in [1.165, 1.54) is 0 Å². The second-order valence-electron chi connectivity index (χ2n) is 7.30. The average molecular weight is 379 g/mol. The average Bonchev–Trinajstić information content (AvgIpc) is 3.27. The third-order valence-corrected chi connectivity index (χ3v) is 5.37. The molecular formula is C21H25N5O2. The van der Waals surface area contributed by atoms with E-state index in [0.717, 1.165) is 61.6 Å². The zero-order valence-electron chi connectivity index (χ0n) is 15.9.